The largest absolute Gasteiger partial charge is 0.365 e. The molecular weight excluding hydrogens is 160 g/mol. The summed E-state index contributed by atoms with van der Waals surface area (Å²) in [5.74, 6) is 0. The Morgan fingerprint density at radius 1 is 1.62 bits per heavy atom. The number of rotatable bonds is 5. The monoisotopic (exact) mass is 180 g/mol. The fraction of sp³-hybridized carbons (Fsp3) is 0.667. The van der Waals surface area contributed by atoms with Crippen molar-refractivity contribution in [1.82, 2.24) is 0 Å². The van der Waals surface area contributed by atoms with Crippen LogP contribution >= 0.6 is 0 Å². The summed E-state index contributed by atoms with van der Waals surface area (Å²) >= 11 is 0. The van der Waals surface area contributed by atoms with E-state index in [4.69, 9.17) is 4.74 Å². The van der Waals surface area contributed by atoms with Crippen LogP contribution in [-0.4, -0.2) is 12.7 Å². The third-order valence-corrected chi connectivity index (χ3v) is 2.55. The van der Waals surface area contributed by atoms with Crippen molar-refractivity contribution >= 4 is 0 Å². The SMILES string of the molecule is C=C(CCCCC)C1OCC=C1C. The molecule has 0 aliphatic carbocycles. The fourth-order valence-electron chi connectivity index (χ4n) is 1.69. The lowest BCUT2D eigenvalue weighted by Gasteiger charge is -2.14. The van der Waals surface area contributed by atoms with Gasteiger partial charge in [0.05, 0.1) is 12.7 Å². The summed E-state index contributed by atoms with van der Waals surface area (Å²) in [6.45, 7) is 9.21. The highest BCUT2D eigenvalue weighted by molar-refractivity contribution is 5.23. The first-order chi connectivity index (χ1) is 6.25. The first-order valence-corrected chi connectivity index (χ1v) is 5.21. The van der Waals surface area contributed by atoms with Crippen molar-refractivity contribution in [2.45, 2.75) is 45.6 Å². The number of unbranched alkanes of at least 4 members (excludes halogenated alkanes) is 2. The van der Waals surface area contributed by atoms with E-state index in [2.05, 4.69) is 26.5 Å². The van der Waals surface area contributed by atoms with E-state index in [1.165, 1.54) is 30.4 Å². The quantitative estimate of drug-likeness (QED) is 0.465. The lowest BCUT2D eigenvalue weighted by atomic mass is 10.00. The molecule has 0 aromatic heterocycles. The van der Waals surface area contributed by atoms with Crippen LogP contribution in [0.25, 0.3) is 0 Å². The smallest absolute Gasteiger partial charge is 0.0995 e. The van der Waals surface area contributed by atoms with Crippen LogP contribution in [0.5, 0.6) is 0 Å². The Morgan fingerprint density at radius 3 is 2.92 bits per heavy atom. The normalized spacial score (nSPS) is 21.7. The van der Waals surface area contributed by atoms with Gasteiger partial charge in [-0.15, -0.1) is 0 Å². The summed E-state index contributed by atoms with van der Waals surface area (Å²) in [6, 6.07) is 0. The molecule has 0 radical (unpaired) electrons. The van der Waals surface area contributed by atoms with E-state index >= 15 is 0 Å². The minimum Gasteiger partial charge on any atom is -0.365 e. The molecular formula is C12H20O. The Kier molecular flexibility index (Phi) is 4.23. The minimum atomic E-state index is 0.219. The van der Waals surface area contributed by atoms with Crippen molar-refractivity contribution in [3.8, 4) is 0 Å². The molecule has 13 heavy (non-hydrogen) atoms. The first-order valence-electron chi connectivity index (χ1n) is 5.21. The predicted molar refractivity (Wildman–Crippen MR) is 56.8 cm³/mol. The van der Waals surface area contributed by atoms with Crippen molar-refractivity contribution in [1.29, 1.82) is 0 Å². The molecule has 0 aromatic rings. The Labute approximate surface area is 81.5 Å². The molecule has 74 valence electrons. The van der Waals surface area contributed by atoms with Gasteiger partial charge in [-0.1, -0.05) is 32.4 Å². The maximum atomic E-state index is 5.57. The van der Waals surface area contributed by atoms with Crippen LogP contribution in [0.2, 0.25) is 0 Å². The molecule has 0 bridgehead atoms. The molecule has 0 fully saturated rings. The Morgan fingerprint density at radius 2 is 2.38 bits per heavy atom. The Balaban J connectivity index is 2.27. The summed E-state index contributed by atoms with van der Waals surface area (Å²) in [4.78, 5) is 0. The maximum Gasteiger partial charge on any atom is 0.0995 e. The van der Waals surface area contributed by atoms with Gasteiger partial charge in [-0.25, -0.2) is 0 Å². The van der Waals surface area contributed by atoms with Gasteiger partial charge in [-0.2, -0.15) is 0 Å². The zero-order valence-corrected chi connectivity index (χ0v) is 8.81. The van der Waals surface area contributed by atoms with Crippen LogP contribution in [0.15, 0.2) is 23.8 Å². The van der Waals surface area contributed by atoms with E-state index in [0.717, 1.165) is 13.0 Å². The van der Waals surface area contributed by atoms with Crippen LogP contribution in [0, 0.1) is 0 Å². The second-order valence-corrected chi connectivity index (χ2v) is 3.78. The number of hydrogen-bond acceptors (Lipinski definition) is 1. The predicted octanol–water partition coefficient (Wildman–Crippen LogP) is 3.47. The molecule has 0 spiro atoms. The zero-order chi connectivity index (χ0) is 9.68. The minimum absolute atomic E-state index is 0.219. The van der Waals surface area contributed by atoms with E-state index in [9.17, 15) is 0 Å². The molecule has 1 unspecified atom stereocenters. The van der Waals surface area contributed by atoms with Crippen molar-refractivity contribution in [2.75, 3.05) is 6.61 Å². The van der Waals surface area contributed by atoms with Crippen molar-refractivity contribution in [3.63, 3.8) is 0 Å². The van der Waals surface area contributed by atoms with Gasteiger partial charge >= 0.3 is 0 Å². The van der Waals surface area contributed by atoms with Gasteiger partial charge in [0.2, 0.25) is 0 Å². The average molecular weight is 180 g/mol. The molecule has 1 heteroatoms. The summed E-state index contributed by atoms with van der Waals surface area (Å²) < 4.78 is 5.57. The molecule has 0 amide bonds. The molecule has 1 aliphatic heterocycles. The number of hydrogen-bond donors (Lipinski definition) is 0. The lowest BCUT2D eigenvalue weighted by Crippen LogP contribution is -2.11. The third-order valence-electron chi connectivity index (χ3n) is 2.55. The second kappa shape index (κ2) is 5.23. The van der Waals surface area contributed by atoms with Gasteiger partial charge in [0.15, 0.2) is 0 Å². The highest BCUT2D eigenvalue weighted by Gasteiger charge is 2.18. The first kappa shape index (κ1) is 10.5. The van der Waals surface area contributed by atoms with Gasteiger partial charge in [-0.3, -0.25) is 0 Å². The van der Waals surface area contributed by atoms with E-state index in [1.54, 1.807) is 0 Å². The van der Waals surface area contributed by atoms with Gasteiger partial charge in [-0.05, 0) is 30.9 Å². The molecule has 1 rings (SSSR count). The van der Waals surface area contributed by atoms with E-state index < -0.39 is 0 Å². The molecule has 1 aliphatic rings. The molecule has 1 nitrogen and oxygen atoms in total. The molecule has 0 aromatic carbocycles. The van der Waals surface area contributed by atoms with Gasteiger partial charge in [0.1, 0.15) is 0 Å². The summed E-state index contributed by atoms with van der Waals surface area (Å²) in [5.41, 5.74) is 2.58. The van der Waals surface area contributed by atoms with Gasteiger partial charge < -0.3 is 4.74 Å². The highest BCUT2D eigenvalue weighted by Crippen LogP contribution is 2.23. The summed E-state index contributed by atoms with van der Waals surface area (Å²) in [5, 5.41) is 0. The summed E-state index contributed by atoms with van der Waals surface area (Å²) in [7, 11) is 0. The van der Waals surface area contributed by atoms with Gasteiger partial charge in [0.25, 0.3) is 0 Å². The standard InChI is InChI=1S/C12H20O/c1-4-5-6-7-10(2)12-11(3)8-9-13-12/h8,12H,2,4-7,9H2,1,3H3. The highest BCUT2D eigenvalue weighted by atomic mass is 16.5. The van der Waals surface area contributed by atoms with E-state index in [-0.39, 0.29) is 6.10 Å². The second-order valence-electron chi connectivity index (χ2n) is 3.78. The van der Waals surface area contributed by atoms with Crippen LogP contribution in [-0.2, 0) is 4.74 Å². The molecule has 1 atom stereocenters. The van der Waals surface area contributed by atoms with Crippen LogP contribution in [0.4, 0.5) is 0 Å². The lowest BCUT2D eigenvalue weighted by molar-refractivity contribution is 0.145. The van der Waals surface area contributed by atoms with Crippen molar-refractivity contribution in [3.05, 3.63) is 23.8 Å². The molecule has 1 heterocycles. The Hall–Kier alpha value is -0.560. The van der Waals surface area contributed by atoms with Gasteiger partial charge in [0, 0.05) is 0 Å². The topological polar surface area (TPSA) is 9.23 Å². The maximum absolute atomic E-state index is 5.57. The average Bonchev–Trinajstić information content (AvgIpc) is 2.52. The molecule has 0 saturated heterocycles. The molecule has 0 saturated carbocycles. The number of ether oxygens (including phenoxy) is 1. The van der Waals surface area contributed by atoms with Crippen molar-refractivity contribution < 1.29 is 4.74 Å². The zero-order valence-electron chi connectivity index (χ0n) is 8.81. The van der Waals surface area contributed by atoms with Crippen LogP contribution in [0.1, 0.15) is 39.5 Å². The third kappa shape index (κ3) is 3.00. The van der Waals surface area contributed by atoms with Crippen LogP contribution in [0.3, 0.4) is 0 Å². The Bertz CT molecular complexity index is 203. The molecule has 0 N–H and O–H groups in total. The van der Waals surface area contributed by atoms with E-state index in [1.807, 2.05) is 0 Å². The van der Waals surface area contributed by atoms with E-state index in [0.29, 0.717) is 0 Å². The van der Waals surface area contributed by atoms with Crippen molar-refractivity contribution in [2.24, 2.45) is 0 Å². The summed E-state index contributed by atoms with van der Waals surface area (Å²) in [6.07, 6.45) is 7.31. The van der Waals surface area contributed by atoms with Crippen LogP contribution < -0.4 is 0 Å². The fourth-order valence-corrected chi connectivity index (χ4v) is 1.69.